The molecule has 3 atom stereocenters. The fourth-order valence-corrected chi connectivity index (χ4v) is 4.36. The number of thioether (sulfide) groups is 1. The Bertz CT molecular complexity index is 559. The molecule has 0 aliphatic carbocycles. The summed E-state index contributed by atoms with van der Waals surface area (Å²) in [5.41, 5.74) is -0.700. The van der Waals surface area contributed by atoms with Crippen LogP contribution in [0.5, 0.6) is 0 Å². The molecule has 1 aromatic rings. The molecule has 0 saturated carbocycles. The number of H-pyrrole nitrogens is 1. The molecule has 2 aliphatic heterocycles. The smallest absolute Gasteiger partial charge is 0.411 e. The summed E-state index contributed by atoms with van der Waals surface area (Å²) in [5, 5.41) is -0.402. The Kier molecular flexibility index (Phi) is 3.62. The predicted molar refractivity (Wildman–Crippen MR) is 78.7 cm³/mol. The Hall–Kier alpha value is -1.31. The van der Waals surface area contributed by atoms with E-state index < -0.39 is 24.2 Å². The largest absolute Gasteiger partial charge is 0.444 e. The van der Waals surface area contributed by atoms with E-state index in [9.17, 15) is 13.6 Å². The molecule has 1 N–H and O–H groups in total. The molecule has 22 heavy (non-hydrogen) atoms. The summed E-state index contributed by atoms with van der Waals surface area (Å²) < 4.78 is 33.3. The van der Waals surface area contributed by atoms with Crippen molar-refractivity contribution in [1.82, 2.24) is 14.9 Å². The highest BCUT2D eigenvalue weighted by molar-refractivity contribution is 8.01. The maximum Gasteiger partial charge on any atom is 0.411 e. The number of nitrogens with zero attached hydrogens (tertiary/aromatic N) is 2. The lowest BCUT2D eigenvalue weighted by atomic mass is 9.90. The van der Waals surface area contributed by atoms with Gasteiger partial charge in [-0.3, -0.25) is 4.90 Å². The molecule has 2 aliphatic rings. The number of fused-ring (bicyclic) bond motifs is 1. The number of nitrogens with one attached hydrogen (secondary N) is 1. The lowest BCUT2D eigenvalue weighted by Crippen LogP contribution is -2.60. The Labute approximate surface area is 131 Å². The van der Waals surface area contributed by atoms with Gasteiger partial charge in [0.2, 0.25) is 0 Å². The van der Waals surface area contributed by atoms with Crippen LogP contribution in [0.3, 0.4) is 0 Å². The van der Waals surface area contributed by atoms with Gasteiger partial charge in [0.05, 0.1) is 17.2 Å². The lowest BCUT2D eigenvalue weighted by molar-refractivity contribution is -0.0984. The molecule has 122 valence electrons. The van der Waals surface area contributed by atoms with Gasteiger partial charge < -0.3 is 9.72 Å². The molecule has 0 radical (unpaired) electrons. The zero-order chi connectivity index (χ0) is 16.1. The monoisotopic (exact) mass is 331 g/mol. The van der Waals surface area contributed by atoms with Gasteiger partial charge in [0.15, 0.2) is 0 Å². The first-order valence-electron chi connectivity index (χ1n) is 7.18. The van der Waals surface area contributed by atoms with E-state index in [0.717, 1.165) is 0 Å². The van der Waals surface area contributed by atoms with Gasteiger partial charge >= 0.3 is 6.09 Å². The van der Waals surface area contributed by atoms with Crippen LogP contribution in [0.15, 0.2) is 12.4 Å². The second-order valence-electron chi connectivity index (χ2n) is 6.75. The van der Waals surface area contributed by atoms with Crippen molar-refractivity contribution in [3.63, 3.8) is 0 Å². The first kappa shape index (κ1) is 15.6. The molecular formula is C14H19F2N3O2S. The quantitative estimate of drug-likeness (QED) is 0.857. The molecule has 3 rings (SSSR count). The number of likely N-dealkylation sites (tertiary alicyclic amines) is 1. The van der Waals surface area contributed by atoms with Crippen molar-refractivity contribution in [3.05, 3.63) is 18.2 Å². The Morgan fingerprint density at radius 3 is 2.86 bits per heavy atom. The van der Waals surface area contributed by atoms with Crippen LogP contribution in [0.4, 0.5) is 13.6 Å². The van der Waals surface area contributed by atoms with E-state index in [1.165, 1.54) is 16.7 Å². The van der Waals surface area contributed by atoms with E-state index in [1.807, 2.05) is 0 Å². The summed E-state index contributed by atoms with van der Waals surface area (Å²) in [5.74, 6) is -2.52. The highest BCUT2D eigenvalue weighted by atomic mass is 32.2. The Balaban J connectivity index is 1.77. The van der Waals surface area contributed by atoms with Gasteiger partial charge in [-0.1, -0.05) is 0 Å². The van der Waals surface area contributed by atoms with Crippen LogP contribution in [0.25, 0.3) is 0 Å². The molecule has 0 spiro atoms. The number of hydrogen-bond acceptors (Lipinski definition) is 4. The summed E-state index contributed by atoms with van der Waals surface area (Å²) in [7, 11) is 0. The number of carbonyl (C=O) groups is 1. The maximum atomic E-state index is 14.0. The second-order valence-corrected chi connectivity index (χ2v) is 8.02. The third-order valence-electron chi connectivity index (χ3n) is 3.70. The molecule has 8 heteroatoms. The second kappa shape index (κ2) is 5.11. The maximum absolute atomic E-state index is 14.0. The van der Waals surface area contributed by atoms with E-state index in [4.69, 9.17) is 4.74 Å². The Morgan fingerprint density at radius 2 is 2.27 bits per heavy atom. The zero-order valence-corrected chi connectivity index (χ0v) is 13.5. The highest BCUT2D eigenvalue weighted by Gasteiger charge is 2.58. The highest BCUT2D eigenvalue weighted by Crippen LogP contribution is 2.59. The molecule has 5 nitrogen and oxygen atoms in total. The van der Waals surface area contributed by atoms with Gasteiger partial charge in [-0.25, -0.2) is 18.6 Å². The number of aromatic amines is 1. The summed E-state index contributed by atoms with van der Waals surface area (Å²) >= 11 is 1.48. The predicted octanol–water partition coefficient (Wildman–Crippen LogP) is 3.42. The number of carbonyl (C=O) groups excluding carboxylic acids is 1. The number of aromatic nitrogens is 2. The molecule has 0 aromatic carbocycles. The molecule has 0 bridgehead atoms. The van der Waals surface area contributed by atoms with Crippen molar-refractivity contribution in [2.45, 2.75) is 49.3 Å². The number of piperidine rings is 1. The average molecular weight is 331 g/mol. The average Bonchev–Trinajstić information content (AvgIpc) is 2.84. The number of alkyl halides is 2. The summed E-state index contributed by atoms with van der Waals surface area (Å²) in [4.78, 5) is 20.5. The van der Waals surface area contributed by atoms with Crippen LogP contribution in [-0.2, 0) is 4.74 Å². The van der Waals surface area contributed by atoms with E-state index in [0.29, 0.717) is 5.82 Å². The topological polar surface area (TPSA) is 58.2 Å². The molecule has 1 aromatic heterocycles. The minimum atomic E-state index is -2.90. The van der Waals surface area contributed by atoms with Crippen molar-refractivity contribution in [1.29, 1.82) is 0 Å². The van der Waals surface area contributed by atoms with Gasteiger partial charge in [-0.05, 0) is 20.8 Å². The van der Waals surface area contributed by atoms with E-state index in [1.54, 1.807) is 33.2 Å². The Morgan fingerprint density at radius 1 is 1.55 bits per heavy atom. The van der Waals surface area contributed by atoms with Crippen molar-refractivity contribution >= 4 is 17.9 Å². The standard InChI is InChI=1S/C14H19F2N3O2S/c1-13(2,3)21-12(20)19-7-14(15,16)6-8-9(22-11(8)19)10-17-4-5-18-10/h4-5,8-9,11H,6-7H2,1-3H3,(H,17,18)/t8-,9?,11?/m0/s1. The third kappa shape index (κ3) is 2.93. The van der Waals surface area contributed by atoms with Gasteiger partial charge in [0.25, 0.3) is 5.92 Å². The van der Waals surface area contributed by atoms with E-state index >= 15 is 0 Å². The fourth-order valence-electron chi connectivity index (χ4n) is 2.86. The number of halogens is 2. The van der Waals surface area contributed by atoms with Crippen LogP contribution < -0.4 is 0 Å². The summed E-state index contributed by atoms with van der Waals surface area (Å²) in [6.07, 6.45) is 2.38. The summed E-state index contributed by atoms with van der Waals surface area (Å²) in [6.45, 7) is 4.60. The number of amides is 1. The van der Waals surface area contributed by atoms with Crippen molar-refractivity contribution in [2.75, 3.05) is 6.54 Å². The molecule has 3 heterocycles. The minimum absolute atomic E-state index is 0.129. The number of hydrogen-bond donors (Lipinski definition) is 1. The van der Waals surface area contributed by atoms with Crippen molar-refractivity contribution in [2.24, 2.45) is 5.92 Å². The van der Waals surface area contributed by atoms with Crippen LogP contribution in [0, 0.1) is 5.92 Å². The van der Waals surface area contributed by atoms with Gasteiger partial charge in [0.1, 0.15) is 11.4 Å². The third-order valence-corrected chi connectivity index (χ3v) is 5.45. The number of ether oxygens (including phenoxy) is 1. The first-order valence-corrected chi connectivity index (χ1v) is 8.13. The molecule has 2 unspecified atom stereocenters. The molecule has 2 saturated heterocycles. The zero-order valence-electron chi connectivity index (χ0n) is 12.7. The number of imidazole rings is 1. The summed E-state index contributed by atoms with van der Waals surface area (Å²) in [6, 6.07) is 0. The van der Waals surface area contributed by atoms with Gasteiger partial charge in [0, 0.05) is 24.7 Å². The minimum Gasteiger partial charge on any atom is -0.444 e. The van der Waals surface area contributed by atoms with Crippen LogP contribution >= 0.6 is 11.8 Å². The lowest BCUT2D eigenvalue weighted by Gasteiger charge is -2.53. The van der Waals surface area contributed by atoms with Crippen LogP contribution in [0.1, 0.15) is 38.3 Å². The van der Waals surface area contributed by atoms with Crippen LogP contribution in [-0.4, -0.2) is 44.4 Å². The fraction of sp³-hybridized carbons (Fsp3) is 0.714. The van der Waals surface area contributed by atoms with E-state index in [-0.39, 0.29) is 23.0 Å². The normalized spacial score (nSPS) is 30.4. The molecular weight excluding hydrogens is 312 g/mol. The van der Waals surface area contributed by atoms with Crippen molar-refractivity contribution < 1.29 is 18.3 Å². The molecule has 2 fully saturated rings. The molecule has 1 amide bonds. The first-order chi connectivity index (χ1) is 10.2. The van der Waals surface area contributed by atoms with Gasteiger partial charge in [-0.15, -0.1) is 11.8 Å². The SMILES string of the molecule is CC(C)(C)OC(=O)N1CC(F)(F)C[C@H]2C(c3ncc[nH]3)SC21. The van der Waals surface area contributed by atoms with E-state index in [2.05, 4.69) is 9.97 Å². The number of rotatable bonds is 1. The van der Waals surface area contributed by atoms with Gasteiger partial charge in [-0.2, -0.15) is 0 Å². The van der Waals surface area contributed by atoms with Crippen molar-refractivity contribution in [3.8, 4) is 0 Å². The van der Waals surface area contributed by atoms with Crippen LogP contribution in [0.2, 0.25) is 0 Å².